The van der Waals surface area contributed by atoms with Gasteiger partial charge < -0.3 is 5.11 Å². The lowest BCUT2D eigenvalue weighted by atomic mass is 10.1. The Morgan fingerprint density at radius 1 is 1.33 bits per heavy atom. The van der Waals surface area contributed by atoms with Crippen LogP contribution < -0.4 is 0 Å². The third kappa shape index (κ3) is 4.73. The Morgan fingerprint density at radius 2 is 2.05 bits per heavy atom. The molecule has 0 amide bonds. The fourth-order valence-electron chi connectivity index (χ4n) is 1.85. The van der Waals surface area contributed by atoms with Gasteiger partial charge in [0, 0.05) is 40.0 Å². The maximum absolute atomic E-state index is 9.49. The summed E-state index contributed by atoms with van der Waals surface area (Å²) in [4.78, 5) is 12.7. The van der Waals surface area contributed by atoms with Crippen molar-refractivity contribution < 1.29 is 5.11 Å². The summed E-state index contributed by atoms with van der Waals surface area (Å²) in [7, 11) is 0. The molecule has 2 rings (SSSR count). The van der Waals surface area contributed by atoms with Gasteiger partial charge in [-0.05, 0) is 18.9 Å². The van der Waals surface area contributed by atoms with Crippen molar-refractivity contribution in [2.75, 3.05) is 0 Å². The lowest BCUT2D eigenvalue weighted by molar-refractivity contribution is 0.444. The number of nitrogens with zero attached hydrogens (tertiary/aromatic N) is 3. The first kappa shape index (κ1) is 18.0. The van der Waals surface area contributed by atoms with Gasteiger partial charge in [-0.15, -0.1) is 12.4 Å². The van der Waals surface area contributed by atoms with Gasteiger partial charge in [0.05, 0.1) is 0 Å². The lowest BCUT2D eigenvalue weighted by Gasteiger charge is -2.12. The van der Waals surface area contributed by atoms with Gasteiger partial charge in [0.1, 0.15) is 0 Å². The Balaban J connectivity index is 0.00000220. The number of pyridine rings is 1. The molecule has 2 aromatic heterocycles. The molecule has 0 saturated carbocycles. The van der Waals surface area contributed by atoms with Gasteiger partial charge in [-0.3, -0.25) is 4.98 Å². The fourth-order valence-corrected chi connectivity index (χ4v) is 3.09. The molecular formula is C14H17Cl2N3OS. The molecule has 0 aliphatic rings. The summed E-state index contributed by atoms with van der Waals surface area (Å²) in [5.41, 5.74) is 2.72. The van der Waals surface area contributed by atoms with Crippen LogP contribution in [-0.2, 0) is 5.75 Å². The number of aryl methyl sites for hydroxylation is 1. The summed E-state index contributed by atoms with van der Waals surface area (Å²) in [6.07, 6.45) is 1.72. The van der Waals surface area contributed by atoms with Gasteiger partial charge in [0.15, 0.2) is 5.16 Å². The maximum atomic E-state index is 9.49. The van der Waals surface area contributed by atoms with Crippen LogP contribution in [0.25, 0.3) is 0 Å². The van der Waals surface area contributed by atoms with Crippen LogP contribution in [-0.4, -0.2) is 20.1 Å². The number of hydrogen-bond acceptors (Lipinski definition) is 5. The Labute approximate surface area is 139 Å². The van der Waals surface area contributed by atoms with Crippen LogP contribution in [0.4, 0.5) is 0 Å². The van der Waals surface area contributed by atoms with Gasteiger partial charge in [-0.25, -0.2) is 4.98 Å². The van der Waals surface area contributed by atoms with Crippen LogP contribution >= 0.6 is 35.8 Å². The number of aromatic hydroxyl groups is 1. The van der Waals surface area contributed by atoms with E-state index in [4.69, 9.17) is 11.6 Å². The highest BCUT2D eigenvalue weighted by Crippen LogP contribution is 2.30. The third-order valence-corrected chi connectivity index (χ3v) is 3.97. The van der Waals surface area contributed by atoms with E-state index in [1.165, 1.54) is 17.8 Å². The highest BCUT2D eigenvalue weighted by atomic mass is 35.5. The second-order valence-corrected chi connectivity index (χ2v) is 6.10. The number of halogens is 2. The average molecular weight is 346 g/mol. The number of rotatable bonds is 4. The predicted molar refractivity (Wildman–Crippen MR) is 88.6 cm³/mol. The van der Waals surface area contributed by atoms with E-state index in [0.29, 0.717) is 21.8 Å². The van der Waals surface area contributed by atoms with Crippen LogP contribution in [0.1, 0.15) is 36.7 Å². The van der Waals surface area contributed by atoms with E-state index in [1.807, 2.05) is 6.92 Å². The second kappa shape index (κ2) is 7.82. The number of hydrogen-bond donors (Lipinski definition) is 1. The van der Waals surface area contributed by atoms with Crippen molar-refractivity contribution in [1.29, 1.82) is 0 Å². The van der Waals surface area contributed by atoms with Crippen molar-refractivity contribution >= 4 is 35.8 Å². The SMILES string of the molecule is Cc1cc(O)nc(SCc2c(Cl)ccnc2C(C)C)n1.Cl. The van der Waals surface area contributed by atoms with E-state index in [1.54, 1.807) is 12.3 Å². The molecule has 0 radical (unpaired) electrons. The van der Waals surface area contributed by atoms with Crippen molar-refractivity contribution in [1.82, 2.24) is 15.0 Å². The minimum Gasteiger partial charge on any atom is -0.493 e. The molecule has 0 fully saturated rings. The van der Waals surface area contributed by atoms with Crippen LogP contribution in [0.2, 0.25) is 5.02 Å². The first-order valence-electron chi connectivity index (χ1n) is 6.28. The summed E-state index contributed by atoms with van der Waals surface area (Å²) >= 11 is 7.70. The van der Waals surface area contributed by atoms with Gasteiger partial charge in [-0.2, -0.15) is 4.98 Å². The highest BCUT2D eigenvalue weighted by molar-refractivity contribution is 7.98. The molecule has 0 aliphatic carbocycles. The summed E-state index contributed by atoms with van der Waals surface area (Å²) in [5.74, 6) is 0.917. The fraction of sp³-hybridized carbons (Fsp3) is 0.357. The van der Waals surface area contributed by atoms with E-state index >= 15 is 0 Å². The highest BCUT2D eigenvalue weighted by Gasteiger charge is 2.13. The molecule has 0 unspecified atom stereocenters. The largest absolute Gasteiger partial charge is 0.493 e. The third-order valence-electron chi connectivity index (χ3n) is 2.74. The normalized spacial score (nSPS) is 10.5. The minimum atomic E-state index is -0.0126. The summed E-state index contributed by atoms with van der Waals surface area (Å²) < 4.78 is 0. The zero-order chi connectivity index (χ0) is 14.7. The molecule has 0 atom stereocenters. The Bertz CT molecular complexity index is 603. The molecule has 7 heteroatoms. The van der Waals surface area contributed by atoms with Gasteiger partial charge in [-0.1, -0.05) is 37.2 Å². The molecule has 0 spiro atoms. The number of thioether (sulfide) groups is 1. The van der Waals surface area contributed by atoms with Gasteiger partial charge >= 0.3 is 0 Å². The van der Waals surface area contributed by atoms with E-state index in [-0.39, 0.29) is 18.3 Å². The van der Waals surface area contributed by atoms with Crippen molar-refractivity contribution in [2.24, 2.45) is 0 Å². The molecule has 2 aromatic rings. The van der Waals surface area contributed by atoms with Crippen LogP contribution in [0.3, 0.4) is 0 Å². The monoisotopic (exact) mass is 345 g/mol. The van der Waals surface area contributed by atoms with E-state index in [9.17, 15) is 5.11 Å². The molecule has 0 aliphatic heterocycles. The lowest BCUT2D eigenvalue weighted by Crippen LogP contribution is -2.00. The Morgan fingerprint density at radius 3 is 2.67 bits per heavy atom. The van der Waals surface area contributed by atoms with E-state index < -0.39 is 0 Å². The molecule has 1 N–H and O–H groups in total. The molecule has 0 bridgehead atoms. The Kier molecular flexibility index (Phi) is 6.71. The molecule has 2 heterocycles. The standard InChI is InChI=1S/C14H16ClN3OS.ClH/c1-8(2)13-10(11(15)4-5-16-13)7-20-14-17-9(3)6-12(19)18-14;/h4-6,8H,7H2,1-3H3,(H,17,18,19);1H. The Hall–Kier alpha value is -1.04. The zero-order valence-corrected chi connectivity index (χ0v) is 14.4. The molecule has 21 heavy (non-hydrogen) atoms. The van der Waals surface area contributed by atoms with Crippen LogP contribution in [0, 0.1) is 6.92 Å². The smallest absolute Gasteiger partial charge is 0.215 e. The molecule has 114 valence electrons. The van der Waals surface area contributed by atoms with Gasteiger partial charge in [0.25, 0.3) is 0 Å². The molecule has 4 nitrogen and oxygen atoms in total. The predicted octanol–water partition coefficient (Wildman–Crippen LogP) is 4.38. The zero-order valence-electron chi connectivity index (χ0n) is 12.0. The first-order chi connectivity index (χ1) is 9.47. The van der Waals surface area contributed by atoms with Crippen molar-refractivity contribution in [3.8, 4) is 5.88 Å². The van der Waals surface area contributed by atoms with E-state index in [0.717, 1.165) is 17.0 Å². The summed E-state index contributed by atoms with van der Waals surface area (Å²) in [6.45, 7) is 5.99. The summed E-state index contributed by atoms with van der Waals surface area (Å²) in [5, 5.41) is 10.7. The second-order valence-electron chi connectivity index (χ2n) is 4.75. The van der Waals surface area contributed by atoms with Crippen molar-refractivity contribution in [2.45, 2.75) is 37.6 Å². The van der Waals surface area contributed by atoms with Gasteiger partial charge in [0.2, 0.25) is 5.88 Å². The minimum absolute atomic E-state index is 0. The van der Waals surface area contributed by atoms with Crippen LogP contribution in [0.15, 0.2) is 23.5 Å². The average Bonchev–Trinajstić information content (AvgIpc) is 2.35. The van der Waals surface area contributed by atoms with Crippen molar-refractivity contribution in [3.63, 3.8) is 0 Å². The first-order valence-corrected chi connectivity index (χ1v) is 7.64. The molecule has 0 aromatic carbocycles. The summed E-state index contributed by atoms with van der Waals surface area (Å²) in [6, 6.07) is 3.32. The quantitative estimate of drug-likeness (QED) is 0.658. The molecule has 0 saturated heterocycles. The van der Waals surface area contributed by atoms with Crippen molar-refractivity contribution in [3.05, 3.63) is 40.3 Å². The van der Waals surface area contributed by atoms with E-state index in [2.05, 4.69) is 28.8 Å². The molecular weight excluding hydrogens is 329 g/mol. The number of aromatic nitrogens is 3. The van der Waals surface area contributed by atoms with Crippen LogP contribution in [0.5, 0.6) is 5.88 Å². The topological polar surface area (TPSA) is 58.9 Å². The maximum Gasteiger partial charge on any atom is 0.215 e.